The van der Waals surface area contributed by atoms with Crippen LogP contribution in [0.15, 0.2) is 24.3 Å². The van der Waals surface area contributed by atoms with Gasteiger partial charge in [-0.05, 0) is 24.6 Å². The SMILES string of the molecule is C[C@@H](NC(=O)Cc1ccc(OC(F)F)cc1)C(=O)O. The van der Waals surface area contributed by atoms with Gasteiger partial charge in [0.25, 0.3) is 0 Å². The van der Waals surface area contributed by atoms with E-state index in [0.29, 0.717) is 5.56 Å². The Kier molecular flexibility index (Phi) is 5.23. The van der Waals surface area contributed by atoms with E-state index in [1.54, 1.807) is 0 Å². The van der Waals surface area contributed by atoms with Gasteiger partial charge in [-0.3, -0.25) is 9.59 Å². The van der Waals surface area contributed by atoms with E-state index in [9.17, 15) is 18.4 Å². The van der Waals surface area contributed by atoms with Gasteiger partial charge in [0.2, 0.25) is 5.91 Å². The van der Waals surface area contributed by atoms with Crippen molar-refractivity contribution in [2.75, 3.05) is 0 Å². The normalized spacial score (nSPS) is 12.0. The molecule has 0 saturated carbocycles. The van der Waals surface area contributed by atoms with Crippen LogP contribution in [0.25, 0.3) is 0 Å². The van der Waals surface area contributed by atoms with Crippen molar-refractivity contribution < 1.29 is 28.2 Å². The van der Waals surface area contributed by atoms with Crippen molar-refractivity contribution in [1.82, 2.24) is 5.32 Å². The number of halogens is 2. The number of alkyl halides is 2. The lowest BCUT2D eigenvalue weighted by Crippen LogP contribution is -2.39. The highest BCUT2D eigenvalue weighted by Gasteiger charge is 2.14. The highest BCUT2D eigenvalue weighted by atomic mass is 19.3. The highest BCUT2D eigenvalue weighted by molar-refractivity contribution is 5.84. The van der Waals surface area contributed by atoms with E-state index in [1.165, 1.54) is 31.2 Å². The van der Waals surface area contributed by atoms with Crippen LogP contribution in [0.5, 0.6) is 5.75 Å². The third-order valence-corrected chi connectivity index (χ3v) is 2.26. The summed E-state index contributed by atoms with van der Waals surface area (Å²) < 4.78 is 28.0. The maximum Gasteiger partial charge on any atom is 0.387 e. The molecule has 1 rings (SSSR count). The van der Waals surface area contributed by atoms with Crippen LogP contribution in [0, 0.1) is 0 Å². The molecular weight excluding hydrogens is 260 g/mol. The number of carbonyl (C=O) groups excluding carboxylic acids is 1. The Morgan fingerprint density at radius 1 is 1.32 bits per heavy atom. The largest absolute Gasteiger partial charge is 0.480 e. The highest BCUT2D eigenvalue weighted by Crippen LogP contribution is 2.15. The first kappa shape index (κ1) is 14.9. The van der Waals surface area contributed by atoms with Crippen molar-refractivity contribution in [2.24, 2.45) is 0 Å². The lowest BCUT2D eigenvalue weighted by molar-refractivity contribution is -0.141. The van der Waals surface area contributed by atoms with Gasteiger partial charge in [0.05, 0.1) is 6.42 Å². The van der Waals surface area contributed by atoms with Gasteiger partial charge in [-0.15, -0.1) is 0 Å². The zero-order valence-corrected chi connectivity index (χ0v) is 10.1. The molecule has 0 unspecified atom stereocenters. The molecule has 0 fully saturated rings. The van der Waals surface area contributed by atoms with Gasteiger partial charge >= 0.3 is 12.6 Å². The molecule has 0 spiro atoms. The van der Waals surface area contributed by atoms with Crippen molar-refractivity contribution in [3.63, 3.8) is 0 Å². The number of aliphatic carboxylic acids is 1. The molecule has 19 heavy (non-hydrogen) atoms. The first-order chi connectivity index (χ1) is 8.88. The van der Waals surface area contributed by atoms with Gasteiger partial charge in [-0.1, -0.05) is 12.1 Å². The lowest BCUT2D eigenvalue weighted by Gasteiger charge is -2.09. The summed E-state index contributed by atoms with van der Waals surface area (Å²) in [6, 6.07) is 4.57. The zero-order chi connectivity index (χ0) is 14.4. The van der Waals surface area contributed by atoms with Gasteiger partial charge in [0, 0.05) is 0 Å². The van der Waals surface area contributed by atoms with Crippen molar-refractivity contribution in [2.45, 2.75) is 26.0 Å². The summed E-state index contributed by atoms with van der Waals surface area (Å²) in [5.41, 5.74) is 0.566. The van der Waals surface area contributed by atoms with Gasteiger partial charge in [-0.25, -0.2) is 0 Å². The Hall–Kier alpha value is -2.18. The molecule has 0 aromatic heterocycles. The van der Waals surface area contributed by atoms with Crippen molar-refractivity contribution in [3.05, 3.63) is 29.8 Å². The molecule has 7 heteroatoms. The summed E-state index contributed by atoms with van der Waals surface area (Å²) in [6.45, 7) is -1.55. The van der Waals surface area contributed by atoms with Crippen LogP contribution in [0.4, 0.5) is 8.78 Å². The van der Waals surface area contributed by atoms with E-state index in [1.807, 2.05) is 0 Å². The van der Waals surface area contributed by atoms with Crippen LogP contribution < -0.4 is 10.1 Å². The predicted molar refractivity (Wildman–Crippen MR) is 62.0 cm³/mol. The van der Waals surface area contributed by atoms with Crippen molar-refractivity contribution >= 4 is 11.9 Å². The fraction of sp³-hybridized carbons (Fsp3) is 0.333. The van der Waals surface area contributed by atoms with E-state index >= 15 is 0 Å². The number of hydrogen-bond donors (Lipinski definition) is 2. The third-order valence-electron chi connectivity index (χ3n) is 2.26. The first-order valence-electron chi connectivity index (χ1n) is 5.44. The monoisotopic (exact) mass is 273 g/mol. The van der Waals surface area contributed by atoms with E-state index in [2.05, 4.69) is 10.1 Å². The molecule has 0 aliphatic carbocycles. The Bertz CT molecular complexity index is 448. The first-order valence-corrected chi connectivity index (χ1v) is 5.44. The molecule has 0 aliphatic heterocycles. The molecule has 0 saturated heterocycles. The third kappa shape index (κ3) is 5.33. The number of amides is 1. The summed E-state index contributed by atoms with van der Waals surface area (Å²) in [4.78, 5) is 22.0. The number of hydrogen-bond acceptors (Lipinski definition) is 3. The molecular formula is C12H13F2NO4. The van der Waals surface area contributed by atoms with Gasteiger partial charge in [0.15, 0.2) is 0 Å². The molecule has 1 aromatic rings. The summed E-state index contributed by atoms with van der Waals surface area (Å²) in [7, 11) is 0. The molecule has 2 N–H and O–H groups in total. The minimum absolute atomic E-state index is 0.00179. The summed E-state index contributed by atoms with van der Waals surface area (Å²) in [5, 5.41) is 10.9. The van der Waals surface area contributed by atoms with Gasteiger partial charge in [0.1, 0.15) is 11.8 Å². The van der Waals surface area contributed by atoms with Crippen molar-refractivity contribution in [3.8, 4) is 5.75 Å². The average Bonchev–Trinajstić information content (AvgIpc) is 2.30. The lowest BCUT2D eigenvalue weighted by atomic mass is 10.1. The fourth-order valence-electron chi connectivity index (χ4n) is 1.33. The van der Waals surface area contributed by atoms with Gasteiger partial charge in [-0.2, -0.15) is 8.78 Å². The van der Waals surface area contributed by atoms with Crippen LogP contribution in [-0.2, 0) is 16.0 Å². The van der Waals surface area contributed by atoms with Crippen LogP contribution in [-0.4, -0.2) is 29.6 Å². The fourth-order valence-corrected chi connectivity index (χ4v) is 1.33. The quantitative estimate of drug-likeness (QED) is 0.822. The second kappa shape index (κ2) is 6.67. The molecule has 0 radical (unpaired) electrons. The number of nitrogens with one attached hydrogen (secondary N) is 1. The smallest absolute Gasteiger partial charge is 0.387 e. The van der Waals surface area contributed by atoms with Gasteiger partial charge < -0.3 is 15.2 Å². The number of ether oxygens (including phenoxy) is 1. The Morgan fingerprint density at radius 3 is 2.37 bits per heavy atom. The standard InChI is InChI=1S/C12H13F2NO4/c1-7(11(17)18)15-10(16)6-8-2-4-9(5-3-8)19-12(13)14/h2-5,7,12H,6H2,1H3,(H,15,16)(H,17,18)/t7-/m1/s1. The molecule has 0 aliphatic rings. The summed E-state index contributed by atoms with van der Waals surface area (Å²) in [6.07, 6.45) is -0.0351. The predicted octanol–water partition coefficient (Wildman–Crippen LogP) is 1.42. The van der Waals surface area contributed by atoms with Crippen molar-refractivity contribution in [1.29, 1.82) is 0 Å². The van der Waals surface area contributed by atoms with Crippen LogP contribution in [0.1, 0.15) is 12.5 Å². The Balaban J connectivity index is 2.53. The van der Waals surface area contributed by atoms with E-state index < -0.39 is 24.5 Å². The molecule has 0 bridgehead atoms. The second-order valence-electron chi connectivity index (χ2n) is 3.83. The summed E-state index contributed by atoms with van der Waals surface area (Å²) >= 11 is 0. The average molecular weight is 273 g/mol. The minimum atomic E-state index is -2.90. The van der Waals surface area contributed by atoms with E-state index in [0.717, 1.165) is 0 Å². The zero-order valence-electron chi connectivity index (χ0n) is 10.1. The molecule has 104 valence electrons. The number of benzene rings is 1. The second-order valence-corrected chi connectivity index (χ2v) is 3.83. The maximum atomic E-state index is 11.9. The van der Waals surface area contributed by atoms with Crippen LogP contribution in [0.3, 0.4) is 0 Å². The molecule has 5 nitrogen and oxygen atoms in total. The van der Waals surface area contributed by atoms with Crippen LogP contribution >= 0.6 is 0 Å². The topological polar surface area (TPSA) is 75.6 Å². The Morgan fingerprint density at radius 2 is 1.89 bits per heavy atom. The summed E-state index contributed by atoms with van der Waals surface area (Å²) in [5.74, 6) is -1.59. The van der Waals surface area contributed by atoms with Crippen LogP contribution in [0.2, 0.25) is 0 Å². The molecule has 1 atom stereocenters. The minimum Gasteiger partial charge on any atom is -0.480 e. The Labute approximate surface area is 108 Å². The molecule has 1 aromatic carbocycles. The van der Waals surface area contributed by atoms with E-state index in [-0.39, 0.29) is 12.2 Å². The molecule has 0 heterocycles. The van der Waals surface area contributed by atoms with E-state index in [4.69, 9.17) is 5.11 Å². The maximum absolute atomic E-state index is 11.9. The number of carboxylic acids is 1. The molecule has 1 amide bonds. The number of carboxylic acid groups (broad SMARTS) is 1. The number of carbonyl (C=O) groups is 2. The number of rotatable bonds is 6.